The zero-order valence-corrected chi connectivity index (χ0v) is 20.4. The van der Waals surface area contributed by atoms with Crippen LogP contribution in [-0.4, -0.2) is 16.8 Å². The third kappa shape index (κ3) is 5.06. The van der Waals surface area contributed by atoms with Crippen molar-refractivity contribution in [3.8, 4) is 11.1 Å². The van der Waals surface area contributed by atoms with Crippen molar-refractivity contribution in [1.29, 1.82) is 0 Å². The molecule has 0 atom stereocenters. The highest BCUT2D eigenvalue weighted by Crippen LogP contribution is 2.38. The van der Waals surface area contributed by atoms with Crippen molar-refractivity contribution < 1.29 is 16.8 Å². The maximum atomic E-state index is 12.9. The fourth-order valence-corrected chi connectivity index (χ4v) is 6.35. The molecule has 35 heavy (non-hydrogen) atoms. The number of nitrogens with one attached hydrogen (secondary N) is 2. The van der Waals surface area contributed by atoms with Gasteiger partial charge in [-0.1, -0.05) is 72.8 Å². The molecule has 0 heterocycles. The van der Waals surface area contributed by atoms with Crippen LogP contribution in [0.25, 0.3) is 11.1 Å². The third-order valence-corrected chi connectivity index (χ3v) is 8.86. The van der Waals surface area contributed by atoms with Crippen LogP contribution in [0.1, 0.15) is 22.3 Å². The van der Waals surface area contributed by atoms with Gasteiger partial charge in [0, 0.05) is 13.1 Å². The molecule has 0 unspecified atom stereocenters. The molecular formula is C27H24N2O4S2. The molecule has 0 bridgehead atoms. The molecule has 2 N–H and O–H groups in total. The van der Waals surface area contributed by atoms with Crippen molar-refractivity contribution in [2.24, 2.45) is 0 Å². The molecule has 8 heteroatoms. The molecule has 1 aliphatic carbocycles. The summed E-state index contributed by atoms with van der Waals surface area (Å²) in [4.78, 5) is 0.384. The lowest BCUT2D eigenvalue weighted by Gasteiger charge is -2.09. The number of benzene rings is 4. The summed E-state index contributed by atoms with van der Waals surface area (Å²) in [5.41, 5.74) is 5.30. The molecule has 4 aromatic rings. The Labute approximate surface area is 205 Å². The number of fused-ring (bicyclic) bond motifs is 3. The first-order valence-electron chi connectivity index (χ1n) is 11.2. The molecule has 5 rings (SSSR count). The predicted molar refractivity (Wildman–Crippen MR) is 136 cm³/mol. The first-order chi connectivity index (χ1) is 16.8. The maximum absolute atomic E-state index is 12.9. The molecule has 0 saturated carbocycles. The van der Waals surface area contributed by atoms with E-state index in [1.54, 1.807) is 36.4 Å². The van der Waals surface area contributed by atoms with Crippen LogP contribution in [0, 0.1) is 0 Å². The van der Waals surface area contributed by atoms with Gasteiger partial charge in [-0.3, -0.25) is 0 Å². The number of sulfonamides is 2. The molecule has 0 amide bonds. The smallest absolute Gasteiger partial charge is 0.207 e. The molecule has 0 saturated heterocycles. The van der Waals surface area contributed by atoms with Gasteiger partial charge in [-0.2, -0.15) is 0 Å². The summed E-state index contributed by atoms with van der Waals surface area (Å²) >= 11 is 0. The standard InChI is InChI=1S/C27H24N2O4S2/c30-34(31,28-18-20-7-3-1-4-8-20)24-11-13-26-22(16-24)15-23-17-25(12-14-27(23)26)35(32,33)29-19-21-9-5-2-6-10-21/h1-14,16-17,28-29H,15,18-19H2. The predicted octanol–water partition coefficient (Wildman–Crippen LogP) is 4.21. The van der Waals surface area contributed by atoms with Crippen molar-refractivity contribution in [2.75, 3.05) is 0 Å². The Bertz CT molecular complexity index is 1460. The minimum Gasteiger partial charge on any atom is -0.207 e. The second-order valence-corrected chi connectivity index (χ2v) is 12.0. The van der Waals surface area contributed by atoms with E-state index in [0.29, 0.717) is 6.42 Å². The van der Waals surface area contributed by atoms with Crippen molar-refractivity contribution in [2.45, 2.75) is 29.3 Å². The minimum atomic E-state index is -3.69. The van der Waals surface area contributed by atoms with Crippen LogP contribution in [0.4, 0.5) is 0 Å². The summed E-state index contributed by atoms with van der Waals surface area (Å²) in [7, 11) is -7.38. The molecule has 4 aromatic carbocycles. The Morgan fingerprint density at radius 2 is 0.943 bits per heavy atom. The fourth-order valence-electron chi connectivity index (χ4n) is 4.21. The Kier molecular flexibility index (Phi) is 6.29. The van der Waals surface area contributed by atoms with E-state index in [4.69, 9.17) is 0 Å². The average molecular weight is 505 g/mol. The van der Waals surface area contributed by atoms with Crippen LogP contribution in [0.2, 0.25) is 0 Å². The SMILES string of the molecule is O=S(=O)(NCc1ccccc1)c1ccc2c(c1)Cc1cc(S(=O)(=O)NCc3ccccc3)ccc1-2. The van der Waals surface area contributed by atoms with Gasteiger partial charge in [0.2, 0.25) is 20.0 Å². The lowest BCUT2D eigenvalue weighted by molar-refractivity contribution is 0.579. The van der Waals surface area contributed by atoms with E-state index in [1.807, 2.05) is 60.7 Å². The lowest BCUT2D eigenvalue weighted by Crippen LogP contribution is -2.23. The summed E-state index contributed by atoms with van der Waals surface area (Å²) in [5.74, 6) is 0. The maximum Gasteiger partial charge on any atom is 0.240 e. The van der Waals surface area contributed by atoms with Crippen molar-refractivity contribution >= 4 is 20.0 Å². The molecule has 0 fully saturated rings. The van der Waals surface area contributed by atoms with Crippen LogP contribution in [0.3, 0.4) is 0 Å². The summed E-state index contributed by atoms with van der Waals surface area (Å²) in [5, 5.41) is 0. The average Bonchev–Trinajstić information content (AvgIpc) is 3.25. The molecule has 0 spiro atoms. The van der Waals surface area contributed by atoms with Gasteiger partial charge in [0.25, 0.3) is 0 Å². The van der Waals surface area contributed by atoms with Crippen LogP contribution < -0.4 is 9.44 Å². The Morgan fingerprint density at radius 3 is 1.34 bits per heavy atom. The van der Waals surface area contributed by atoms with Crippen molar-refractivity contribution in [3.05, 3.63) is 119 Å². The van der Waals surface area contributed by atoms with Gasteiger partial charge in [-0.15, -0.1) is 0 Å². The Hall–Kier alpha value is -3.30. The van der Waals surface area contributed by atoms with Crippen LogP contribution in [0.5, 0.6) is 0 Å². The highest BCUT2D eigenvalue weighted by atomic mass is 32.2. The summed E-state index contributed by atoms with van der Waals surface area (Å²) in [6.07, 6.45) is 0.467. The van der Waals surface area contributed by atoms with Gasteiger partial charge in [-0.05, 0) is 64.1 Å². The summed E-state index contributed by atoms with van der Waals surface area (Å²) < 4.78 is 56.7. The van der Waals surface area contributed by atoms with Gasteiger partial charge in [0.1, 0.15) is 0 Å². The van der Waals surface area contributed by atoms with E-state index < -0.39 is 20.0 Å². The first kappa shape index (κ1) is 23.4. The number of rotatable bonds is 8. The second-order valence-electron chi connectivity index (χ2n) is 8.43. The van der Waals surface area contributed by atoms with Crippen molar-refractivity contribution in [3.63, 3.8) is 0 Å². The van der Waals surface area contributed by atoms with E-state index in [-0.39, 0.29) is 22.9 Å². The van der Waals surface area contributed by atoms with E-state index in [9.17, 15) is 16.8 Å². The summed E-state index contributed by atoms with van der Waals surface area (Å²) in [6, 6.07) is 28.8. The van der Waals surface area contributed by atoms with Crippen molar-refractivity contribution in [1.82, 2.24) is 9.44 Å². The number of hydrogen-bond acceptors (Lipinski definition) is 4. The molecule has 0 aromatic heterocycles. The van der Waals surface area contributed by atoms with Gasteiger partial charge in [0.15, 0.2) is 0 Å². The quantitative estimate of drug-likeness (QED) is 0.331. The van der Waals surface area contributed by atoms with Crippen LogP contribution >= 0.6 is 0 Å². The van der Waals surface area contributed by atoms with Crippen LogP contribution in [0.15, 0.2) is 107 Å². The van der Waals surface area contributed by atoms with Crippen LogP contribution in [-0.2, 0) is 39.6 Å². The van der Waals surface area contributed by atoms with E-state index in [1.165, 1.54) is 0 Å². The summed E-state index contributed by atoms with van der Waals surface area (Å²) in [6.45, 7) is 0.412. The molecule has 178 valence electrons. The molecule has 6 nitrogen and oxygen atoms in total. The Morgan fingerprint density at radius 1 is 0.543 bits per heavy atom. The fraction of sp³-hybridized carbons (Fsp3) is 0.111. The molecule has 0 radical (unpaired) electrons. The third-order valence-electron chi connectivity index (χ3n) is 6.06. The van der Waals surface area contributed by atoms with Gasteiger partial charge >= 0.3 is 0 Å². The minimum absolute atomic E-state index is 0.192. The molecule has 1 aliphatic rings. The molecular weight excluding hydrogens is 480 g/mol. The highest BCUT2D eigenvalue weighted by molar-refractivity contribution is 7.89. The number of hydrogen-bond donors (Lipinski definition) is 2. The monoisotopic (exact) mass is 504 g/mol. The normalized spacial score (nSPS) is 12.8. The molecule has 0 aliphatic heterocycles. The Balaban J connectivity index is 1.33. The topological polar surface area (TPSA) is 92.3 Å². The van der Waals surface area contributed by atoms with E-state index in [0.717, 1.165) is 33.4 Å². The largest absolute Gasteiger partial charge is 0.240 e. The second kappa shape index (κ2) is 9.39. The van der Waals surface area contributed by atoms with Gasteiger partial charge in [-0.25, -0.2) is 26.3 Å². The lowest BCUT2D eigenvalue weighted by atomic mass is 10.1. The van der Waals surface area contributed by atoms with Gasteiger partial charge in [0.05, 0.1) is 9.79 Å². The zero-order valence-electron chi connectivity index (χ0n) is 18.8. The van der Waals surface area contributed by atoms with E-state index in [2.05, 4.69) is 9.44 Å². The van der Waals surface area contributed by atoms with Gasteiger partial charge < -0.3 is 0 Å². The highest BCUT2D eigenvalue weighted by Gasteiger charge is 2.24. The first-order valence-corrected chi connectivity index (χ1v) is 14.1. The zero-order chi connectivity index (χ0) is 24.5. The van der Waals surface area contributed by atoms with E-state index >= 15 is 0 Å².